The van der Waals surface area contributed by atoms with Crippen LogP contribution in [0.1, 0.15) is 45.4 Å². The molecule has 0 saturated carbocycles. The van der Waals surface area contributed by atoms with Crippen LogP contribution in [0.3, 0.4) is 0 Å². The lowest BCUT2D eigenvalue weighted by Crippen LogP contribution is -2.31. The molecule has 6 heteroatoms. The summed E-state index contributed by atoms with van der Waals surface area (Å²) in [5.41, 5.74) is 4.69. The Kier molecular flexibility index (Phi) is 5.16. The van der Waals surface area contributed by atoms with Crippen LogP contribution in [0, 0.1) is 26.7 Å². The van der Waals surface area contributed by atoms with E-state index in [0.29, 0.717) is 23.7 Å². The molecule has 134 valence electrons. The lowest BCUT2D eigenvalue weighted by Gasteiger charge is -2.20. The fourth-order valence-electron chi connectivity index (χ4n) is 3.54. The Bertz CT molecular complexity index is 800. The number of nitrogens with zero attached hydrogens (tertiary/aromatic N) is 2. The number of halogens is 1. The normalized spacial score (nSPS) is 20.0. The monoisotopic (exact) mass is 361 g/mol. The first kappa shape index (κ1) is 18.0. The Morgan fingerprint density at radius 2 is 2.16 bits per heavy atom. The summed E-state index contributed by atoms with van der Waals surface area (Å²) in [6.45, 7) is 7.20. The van der Waals surface area contributed by atoms with E-state index in [9.17, 15) is 4.79 Å². The fourth-order valence-corrected chi connectivity index (χ4v) is 3.71. The van der Waals surface area contributed by atoms with E-state index in [0.717, 1.165) is 28.9 Å². The zero-order valence-electron chi connectivity index (χ0n) is 15.1. The molecule has 1 aromatic carbocycles. The van der Waals surface area contributed by atoms with Gasteiger partial charge in [0.2, 0.25) is 0 Å². The van der Waals surface area contributed by atoms with Crippen LogP contribution < -0.4 is 5.32 Å². The molecule has 0 unspecified atom stereocenters. The highest BCUT2D eigenvalue weighted by Gasteiger charge is 2.33. The molecule has 1 saturated heterocycles. The van der Waals surface area contributed by atoms with E-state index >= 15 is 0 Å². The molecule has 2 aromatic rings. The molecule has 0 spiro atoms. The summed E-state index contributed by atoms with van der Waals surface area (Å²) in [5.74, 6) is 0.148. The van der Waals surface area contributed by atoms with Crippen molar-refractivity contribution in [2.45, 2.75) is 33.3 Å². The smallest absolute Gasteiger partial charge is 0.251 e. The van der Waals surface area contributed by atoms with Gasteiger partial charge < -0.3 is 10.1 Å². The van der Waals surface area contributed by atoms with Crippen LogP contribution in [0.2, 0.25) is 5.02 Å². The van der Waals surface area contributed by atoms with Gasteiger partial charge in [-0.3, -0.25) is 9.48 Å². The van der Waals surface area contributed by atoms with Gasteiger partial charge in [-0.25, -0.2) is 0 Å². The minimum atomic E-state index is -0.0923. The van der Waals surface area contributed by atoms with E-state index in [2.05, 4.69) is 17.3 Å². The molecular formula is C19H24ClN3O2. The molecule has 3 rings (SSSR count). The molecule has 0 bridgehead atoms. The minimum Gasteiger partial charge on any atom is -0.373 e. The first-order valence-corrected chi connectivity index (χ1v) is 8.93. The zero-order valence-corrected chi connectivity index (χ0v) is 15.9. The number of aryl methyl sites for hydroxylation is 2. The van der Waals surface area contributed by atoms with Crippen LogP contribution in [0.15, 0.2) is 18.2 Å². The molecule has 5 nitrogen and oxygen atoms in total. The van der Waals surface area contributed by atoms with E-state index in [1.807, 2.05) is 25.6 Å². The van der Waals surface area contributed by atoms with Crippen LogP contribution in [-0.2, 0) is 11.8 Å². The molecule has 1 amide bonds. The van der Waals surface area contributed by atoms with Gasteiger partial charge in [-0.05, 0) is 44.9 Å². The molecule has 1 aromatic heterocycles. The van der Waals surface area contributed by atoms with Gasteiger partial charge >= 0.3 is 0 Å². The lowest BCUT2D eigenvalue weighted by atomic mass is 9.93. The van der Waals surface area contributed by atoms with E-state index in [-0.39, 0.29) is 17.9 Å². The van der Waals surface area contributed by atoms with Gasteiger partial charge in [0.05, 0.1) is 11.8 Å². The maximum atomic E-state index is 12.5. The number of carbonyl (C=O) groups is 1. The van der Waals surface area contributed by atoms with E-state index in [1.165, 1.54) is 0 Å². The third-order valence-electron chi connectivity index (χ3n) is 5.10. The highest BCUT2D eigenvalue weighted by Crippen LogP contribution is 2.37. The molecule has 1 N–H and O–H groups in total. The number of hydrogen-bond donors (Lipinski definition) is 1. The number of amides is 1. The third kappa shape index (κ3) is 3.44. The SMILES string of the molecule is Cc1nn(C)c(C)c1[C@@H]1OCC[C@H]1CNC(=O)c1cccc(Cl)c1C. The molecule has 1 aliphatic heterocycles. The molecule has 25 heavy (non-hydrogen) atoms. The van der Waals surface area contributed by atoms with Crippen molar-refractivity contribution in [1.82, 2.24) is 15.1 Å². The van der Waals surface area contributed by atoms with Crippen LogP contribution >= 0.6 is 11.6 Å². The van der Waals surface area contributed by atoms with E-state index < -0.39 is 0 Å². The van der Waals surface area contributed by atoms with Gasteiger partial charge in [0, 0.05) is 48.0 Å². The summed E-state index contributed by atoms with van der Waals surface area (Å²) in [7, 11) is 1.94. The van der Waals surface area contributed by atoms with Crippen molar-refractivity contribution in [3.63, 3.8) is 0 Å². The average molecular weight is 362 g/mol. The second-order valence-electron chi connectivity index (χ2n) is 6.67. The Morgan fingerprint density at radius 1 is 1.40 bits per heavy atom. The average Bonchev–Trinajstić information content (AvgIpc) is 3.12. The number of benzene rings is 1. The summed E-state index contributed by atoms with van der Waals surface area (Å²) in [6, 6.07) is 5.39. The Labute approximate surface area is 153 Å². The van der Waals surface area contributed by atoms with E-state index in [4.69, 9.17) is 16.3 Å². The van der Waals surface area contributed by atoms with Crippen LogP contribution in [0.4, 0.5) is 0 Å². The number of rotatable bonds is 4. The molecule has 1 fully saturated rings. The number of ether oxygens (including phenoxy) is 1. The van der Waals surface area contributed by atoms with E-state index in [1.54, 1.807) is 18.2 Å². The van der Waals surface area contributed by atoms with Crippen molar-refractivity contribution in [3.8, 4) is 0 Å². The quantitative estimate of drug-likeness (QED) is 0.906. The second kappa shape index (κ2) is 7.18. The predicted octanol–water partition coefficient (Wildman–Crippen LogP) is 3.51. The third-order valence-corrected chi connectivity index (χ3v) is 5.51. The standard InChI is InChI=1S/C19H24ClN3O2/c1-11-15(6-5-7-16(11)20)19(24)21-10-14-8-9-25-18(14)17-12(2)22-23(4)13(17)3/h5-7,14,18H,8-10H2,1-4H3,(H,21,24)/t14-,18+/m0/s1. The topological polar surface area (TPSA) is 56.1 Å². The summed E-state index contributed by atoms with van der Waals surface area (Å²) in [4.78, 5) is 12.5. The Morgan fingerprint density at radius 3 is 2.84 bits per heavy atom. The van der Waals surface area contributed by atoms with Gasteiger partial charge in [-0.15, -0.1) is 0 Å². The maximum absolute atomic E-state index is 12.5. The molecule has 2 heterocycles. The molecular weight excluding hydrogens is 338 g/mol. The van der Waals surface area contributed by atoms with Gasteiger partial charge in [-0.2, -0.15) is 5.10 Å². The molecule has 2 atom stereocenters. The van der Waals surface area contributed by atoms with Crippen LogP contribution in [0.5, 0.6) is 0 Å². The largest absolute Gasteiger partial charge is 0.373 e. The van der Waals surface area contributed by atoms with Gasteiger partial charge in [-0.1, -0.05) is 17.7 Å². The highest BCUT2D eigenvalue weighted by atomic mass is 35.5. The number of aromatic nitrogens is 2. The van der Waals surface area contributed by atoms with Crippen molar-refractivity contribution >= 4 is 17.5 Å². The number of nitrogens with one attached hydrogen (secondary N) is 1. The number of hydrogen-bond acceptors (Lipinski definition) is 3. The summed E-state index contributed by atoms with van der Waals surface area (Å²) < 4.78 is 7.87. The lowest BCUT2D eigenvalue weighted by molar-refractivity contribution is 0.0839. The van der Waals surface area contributed by atoms with Crippen molar-refractivity contribution in [2.24, 2.45) is 13.0 Å². The summed E-state index contributed by atoms with van der Waals surface area (Å²) >= 11 is 6.12. The summed E-state index contributed by atoms with van der Waals surface area (Å²) in [5, 5.41) is 8.15. The molecule has 0 aliphatic carbocycles. The Balaban J connectivity index is 1.72. The van der Waals surface area contributed by atoms with Gasteiger partial charge in [0.15, 0.2) is 0 Å². The Hall–Kier alpha value is -1.85. The maximum Gasteiger partial charge on any atom is 0.251 e. The fraction of sp³-hybridized carbons (Fsp3) is 0.474. The second-order valence-corrected chi connectivity index (χ2v) is 7.08. The van der Waals surface area contributed by atoms with Crippen molar-refractivity contribution in [2.75, 3.05) is 13.2 Å². The van der Waals surface area contributed by atoms with Gasteiger partial charge in [0.25, 0.3) is 5.91 Å². The highest BCUT2D eigenvalue weighted by molar-refractivity contribution is 6.31. The number of carbonyl (C=O) groups excluding carboxylic acids is 1. The molecule has 0 radical (unpaired) electrons. The van der Waals surface area contributed by atoms with Crippen molar-refractivity contribution < 1.29 is 9.53 Å². The van der Waals surface area contributed by atoms with Gasteiger partial charge in [0.1, 0.15) is 0 Å². The minimum absolute atomic E-state index is 0.0190. The van der Waals surface area contributed by atoms with Crippen LogP contribution in [0.25, 0.3) is 0 Å². The zero-order chi connectivity index (χ0) is 18.1. The van der Waals surface area contributed by atoms with Crippen LogP contribution in [-0.4, -0.2) is 28.8 Å². The molecule has 1 aliphatic rings. The van der Waals surface area contributed by atoms with Crippen molar-refractivity contribution in [1.29, 1.82) is 0 Å². The van der Waals surface area contributed by atoms with Crippen molar-refractivity contribution in [3.05, 3.63) is 51.3 Å². The first-order chi connectivity index (χ1) is 11.9. The first-order valence-electron chi connectivity index (χ1n) is 8.55. The predicted molar refractivity (Wildman–Crippen MR) is 98.0 cm³/mol. The summed E-state index contributed by atoms with van der Waals surface area (Å²) in [6.07, 6.45) is 0.905.